The molecule has 0 amide bonds. The standard InChI is InChI=1S/C13H7N5O/c14-5-9-4-10-7-17-13(19)18(12(10)16-6-9)11-2-1-3-15-8-11/h1-4,6-8H. The van der Waals surface area contributed by atoms with Gasteiger partial charge in [-0.2, -0.15) is 5.26 Å². The first kappa shape index (κ1) is 11.0. The van der Waals surface area contributed by atoms with Crippen molar-refractivity contribution in [2.45, 2.75) is 0 Å². The molecule has 0 aliphatic heterocycles. The van der Waals surface area contributed by atoms with Gasteiger partial charge in [-0.3, -0.25) is 4.98 Å². The molecule has 0 aromatic carbocycles. The first-order valence-electron chi connectivity index (χ1n) is 5.48. The Morgan fingerprint density at radius 2 is 2.11 bits per heavy atom. The first-order chi connectivity index (χ1) is 9.29. The van der Waals surface area contributed by atoms with Crippen molar-refractivity contribution in [3.05, 3.63) is 59.0 Å². The molecule has 0 fully saturated rings. The first-order valence-corrected chi connectivity index (χ1v) is 5.48. The van der Waals surface area contributed by atoms with E-state index in [9.17, 15) is 4.79 Å². The minimum atomic E-state index is -0.433. The van der Waals surface area contributed by atoms with Crippen LogP contribution in [0.5, 0.6) is 0 Å². The summed E-state index contributed by atoms with van der Waals surface area (Å²) < 4.78 is 1.36. The van der Waals surface area contributed by atoms with Gasteiger partial charge in [-0.15, -0.1) is 0 Å². The number of hydrogen-bond acceptors (Lipinski definition) is 5. The lowest BCUT2D eigenvalue weighted by molar-refractivity contribution is 0.933. The van der Waals surface area contributed by atoms with Crippen molar-refractivity contribution < 1.29 is 0 Å². The van der Waals surface area contributed by atoms with E-state index in [0.29, 0.717) is 22.3 Å². The Kier molecular flexibility index (Phi) is 2.50. The quantitative estimate of drug-likeness (QED) is 0.643. The largest absolute Gasteiger partial charge is 0.353 e. The summed E-state index contributed by atoms with van der Waals surface area (Å²) in [6.07, 6.45) is 6.02. The molecule has 3 aromatic heterocycles. The molecule has 6 heteroatoms. The van der Waals surface area contributed by atoms with Crippen molar-refractivity contribution in [2.24, 2.45) is 0 Å². The van der Waals surface area contributed by atoms with Crippen LogP contribution in [0.25, 0.3) is 16.7 Å². The monoisotopic (exact) mass is 249 g/mol. The van der Waals surface area contributed by atoms with Crippen LogP contribution in [-0.2, 0) is 0 Å². The van der Waals surface area contributed by atoms with E-state index in [1.54, 1.807) is 30.6 Å². The van der Waals surface area contributed by atoms with Crippen LogP contribution in [-0.4, -0.2) is 19.5 Å². The van der Waals surface area contributed by atoms with E-state index in [4.69, 9.17) is 5.26 Å². The van der Waals surface area contributed by atoms with Crippen LogP contribution in [0.4, 0.5) is 0 Å². The number of nitriles is 1. The van der Waals surface area contributed by atoms with Gasteiger partial charge in [0.05, 0.1) is 17.4 Å². The highest BCUT2D eigenvalue weighted by molar-refractivity contribution is 5.76. The third-order valence-electron chi connectivity index (χ3n) is 2.65. The molecular formula is C13H7N5O. The van der Waals surface area contributed by atoms with Gasteiger partial charge in [-0.1, -0.05) is 0 Å². The Labute approximate surface area is 107 Å². The zero-order valence-corrected chi connectivity index (χ0v) is 9.69. The van der Waals surface area contributed by atoms with Crippen molar-refractivity contribution in [1.29, 1.82) is 5.26 Å². The summed E-state index contributed by atoms with van der Waals surface area (Å²) in [5.41, 5.74) is 1.03. The average Bonchev–Trinajstić information content (AvgIpc) is 2.47. The highest BCUT2D eigenvalue weighted by Crippen LogP contribution is 2.13. The fourth-order valence-corrected chi connectivity index (χ4v) is 1.81. The molecule has 0 atom stereocenters. The molecule has 3 aromatic rings. The van der Waals surface area contributed by atoms with E-state index in [0.717, 1.165) is 0 Å². The predicted molar refractivity (Wildman–Crippen MR) is 67.6 cm³/mol. The highest BCUT2D eigenvalue weighted by atomic mass is 16.1. The summed E-state index contributed by atoms with van der Waals surface area (Å²) in [6.45, 7) is 0. The zero-order chi connectivity index (χ0) is 13.2. The summed E-state index contributed by atoms with van der Waals surface area (Å²) in [5.74, 6) is 0. The molecule has 0 bridgehead atoms. The maximum absolute atomic E-state index is 11.9. The van der Waals surface area contributed by atoms with E-state index in [1.807, 2.05) is 6.07 Å². The number of pyridine rings is 2. The topological polar surface area (TPSA) is 84.5 Å². The van der Waals surface area contributed by atoms with Crippen LogP contribution in [0.2, 0.25) is 0 Å². The number of aromatic nitrogens is 4. The molecule has 3 heterocycles. The van der Waals surface area contributed by atoms with Crippen LogP contribution in [0.15, 0.2) is 47.8 Å². The molecule has 0 unspecified atom stereocenters. The van der Waals surface area contributed by atoms with Crippen molar-refractivity contribution in [3.63, 3.8) is 0 Å². The van der Waals surface area contributed by atoms with Crippen LogP contribution in [0, 0.1) is 11.3 Å². The summed E-state index contributed by atoms with van der Waals surface area (Å²) in [7, 11) is 0. The summed E-state index contributed by atoms with van der Waals surface area (Å²) >= 11 is 0. The fourth-order valence-electron chi connectivity index (χ4n) is 1.81. The number of nitrogens with zero attached hydrogens (tertiary/aromatic N) is 5. The molecule has 90 valence electrons. The van der Waals surface area contributed by atoms with Crippen molar-refractivity contribution in [2.75, 3.05) is 0 Å². The maximum atomic E-state index is 11.9. The van der Waals surface area contributed by atoms with E-state index >= 15 is 0 Å². The minimum Gasteiger partial charge on any atom is -0.263 e. The van der Waals surface area contributed by atoms with Gasteiger partial charge in [-0.25, -0.2) is 19.3 Å². The van der Waals surface area contributed by atoms with Crippen molar-refractivity contribution in [1.82, 2.24) is 19.5 Å². The second-order valence-corrected chi connectivity index (χ2v) is 3.84. The van der Waals surface area contributed by atoms with Gasteiger partial charge in [0.1, 0.15) is 11.7 Å². The molecular weight excluding hydrogens is 242 g/mol. The molecule has 0 saturated carbocycles. The number of hydrogen-bond donors (Lipinski definition) is 0. The molecule has 0 aliphatic rings. The van der Waals surface area contributed by atoms with Crippen LogP contribution in [0.1, 0.15) is 5.56 Å². The van der Waals surface area contributed by atoms with Crippen LogP contribution < -0.4 is 5.69 Å². The van der Waals surface area contributed by atoms with Gasteiger partial charge in [0.25, 0.3) is 0 Å². The third kappa shape index (κ3) is 1.83. The summed E-state index contributed by atoms with van der Waals surface area (Å²) in [4.78, 5) is 23.8. The van der Waals surface area contributed by atoms with E-state index < -0.39 is 5.69 Å². The van der Waals surface area contributed by atoms with Gasteiger partial charge >= 0.3 is 5.69 Å². The van der Waals surface area contributed by atoms with E-state index in [2.05, 4.69) is 15.0 Å². The molecule has 0 spiro atoms. The predicted octanol–water partition coefficient (Wildman–Crippen LogP) is 1.05. The molecule has 0 aliphatic carbocycles. The zero-order valence-electron chi connectivity index (χ0n) is 9.69. The van der Waals surface area contributed by atoms with Gasteiger partial charge in [0, 0.05) is 24.0 Å². The molecule has 0 radical (unpaired) electrons. The smallest absolute Gasteiger partial charge is 0.263 e. The molecule has 6 nitrogen and oxygen atoms in total. The Balaban J connectivity index is 2.39. The fraction of sp³-hybridized carbons (Fsp3) is 0. The molecule has 19 heavy (non-hydrogen) atoms. The third-order valence-corrected chi connectivity index (χ3v) is 2.65. The Hall–Kier alpha value is -3.07. The van der Waals surface area contributed by atoms with Crippen molar-refractivity contribution >= 4 is 11.0 Å². The van der Waals surface area contributed by atoms with Crippen LogP contribution in [0.3, 0.4) is 0 Å². The normalized spacial score (nSPS) is 10.3. The highest BCUT2D eigenvalue weighted by Gasteiger charge is 2.08. The molecule has 0 saturated heterocycles. The second-order valence-electron chi connectivity index (χ2n) is 3.84. The molecule has 3 rings (SSSR count). The van der Waals surface area contributed by atoms with E-state index in [-0.39, 0.29) is 0 Å². The summed E-state index contributed by atoms with van der Waals surface area (Å²) in [6, 6.07) is 7.12. The lowest BCUT2D eigenvalue weighted by atomic mass is 10.2. The lowest BCUT2D eigenvalue weighted by Crippen LogP contribution is -2.22. The van der Waals surface area contributed by atoms with Gasteiger partial charge in [-0.05, 0) is 18.2 Å². The van der Waals surface area contributed by atoms with Gasteiger partial charge < -0.3 is 0 Å². The Bertz CT molecular complexity index is 848. The van der Waals surface area contributed by atoms with Crippen LogP contribution >= 0.6 is 0 Å². The average molecular weight is 249 g/mol. The Morgan fingerprint density at radius 1 is 1.21 bits per heavy atom. The lowest BCUT2D eigenvalue weighted by Gasteiger charge is -2.07. The maximum Gasteiger partial charge on any atom is 0.353 e. The minimum absolute atomic E-state index is 0.422. The molecule has 0 N–H and O–H groups in total. The SMILES string of the molecule is N#Cc1cnc2c(cnc(=O)n2-c2cccnc2)c1. The van der Waals surface area contributed by atoms with E-state index in [1.165, 1.54) is 17.0 Å². The van der Waals surface area contributed by atoms with Gasteiger partial charge in [0.2, 0.25) is 0 Å². The number of rotatable bonds is 1. The van der Waals surface area contributed by atoms with Crippen molar-refractivity contribution in [3.8, 4) is 11.8 Å². The summed E-state index contributed by atoms with van der Waals surface area (Å²) in [5, 5.41) is 9.48. The number of fused-ring (bicyclic) bond motifs is 1. The second kappa shape index (κ2) is 4.31. The van der Waals surface area contributed by atoms with Gasteiger partial charge in [0.15, 0.2) is 0 Å². The Morgan fingerprint density at radius 3 is 2.84 bits per heavy atom.